The van der Waals surface area contributed by atoms with E-state index in [1.165, 1.54) is 12.1 Å². The van der Waals surface area contributed by atoms with Gasteiger partial charge in [0.2, 0.25) is 5.78 Å². The van der Waals surface area contributed by atoms with Crippen molar-refractivity contribution in [1.82, 2.24) is 14.4 Å². The molecule has 0 unspecified atom stereocenters. The van der Waals surface area contributed by atoms with E-state index in [2.05, 4.69) is 9.97 Å². The van der Waals surface area contributed by atoms with Gasteiger partial charge in [0.05, 0.1) is 11.0 Å². The smallest absolute Gasteiger partial charge is 0.212 e. The molecule has 3 rings (SSSR count). The predicted molar refractivity (Wildman–Crippen MR) is 54.9 cm³/mol. The van der Waals surface area contributed by atoms with E-state index in [1.54, 1.807) is 6.07 Å². The molecule has 0 aliphatic rings. The molecule has 15 heavy (non-hydrogen) atoms. The fraction of sp³-hybridized carbons (Fsp3) is 0.100. The average molecular weight is 204 g/mol. The number of aromatic nitrogens is 3. The van der Waals surface area contributed by atoms with Crippen LogP contribution in [0.25, 0.3) is 16.8 Å². The number of fused-ring (bicyclic) bond motifs is 3. The van der Waals surface area contributed by atoms with Gasteiger partial charge in [0.15, 0.2) is 0 Å². The van der Waals surface area contributed by atoms with Crippen LogP contribution >= 0.6 is 0 Å². The second-order valence-electron chi connectivity index (χ2n) is 3.42. The summed E-state index contributed by atoms with van der Waals surface area (Å²) in [5.41, 5.74) is 7.94. The Morgan fingerprint density at radius 3 is 3.13 bits per heavy atom. The van der Waals surface area contributed by atoms with Gasteiger partial charge in [-0.15, -0.1) is 0 Å². The normalized spacial score (nSPS) is 11.6. The van der Waals surface area contributed by atoms with Gasteiger partial charge in [0.1, 0.15) is 5.82 Å². The number of benzene rings is 1. The van der Waals surface area contributed by atoms with Crippen molar-refractivity contribution in [2.75, 3.05) is 0 Å². The molecule has 0 spiro atoms. The molecule has 3 aromatic rings. The summed E-state index contributed by atoms with van der Waals surface area (Å²) in [6.45, 7) is 0.437. The maximum absolute atomic E-state index is 12.9. The topological polar surface area (TPSA) is 59.1 Å². The Bertz CT molecular complexity index is 637. The summed E-state index contributed by atoms with van der Waals surface area (Å²) in [5.74, 6) is 0.415. The quantitative estimate of drug-likeness (QED) is 0.629. The number of rotatable bonds is 1. The van der Waals surface area contributed by atoms with Gasteiger partial charge in [-0.25, -0.2) is 9.37 Å². The second-order valence-corrected chi connectivity index (χ2v) is 3.42. The summed E-state index contributed by atoms with van der Waals surface area (Å²) in [6.07, 6.45) is 1.88. The molecule has 0 saturated carbocycles. The van der Waals surface area contributed by atoms with Crippen LogP contribution in [0.15, 0.2) is 24.4 Å². The van der Waals surface area contributed by atoms with Crippen LogP contribution in [0, 0.1) is 5.82 Å². The molecule has 0 aliphatic carbocycles. The lowest BCUT2D eigenvalue weighted by Gasteiger charge is -1.90. The van der Waals surface area contributed by atoms with Gasteiger partial charge in [0, 0.05) is 24.5 Å². The van der Waals surface area contributed by atoms with E-state index in [4.69, 9.17) is 5.73 Å². The third kappa shape index (κ3) is 1.13. The maximum atomic E-state index is 12.9. The Kier molecular flexibility index (Phi) is 1.58. The summed E-state index contributed by atoms with van der Waals surface area (Å²) in [6, 6.07) is 4.54. The number of H-pyrrole nitrogens is 1. The molecular formula is C10H9FN4. The Hall–Kier alpha value is -1.88. The first-order valence-corrected chi connectivity index (χ1v) is 4.63. The number of hydrogen-bond acceptors (Lipinski definition) is 2. The average Bonchev–Trinajstić information content (AvgIpc) is 2.73. The fourth-order valence-electron chi connectivity index (χ4n) is 1.73. The SMILES string of the molecule is NCc1cn2c(nc3cc(F)ccc32)[nH]1. The molecule has 5 heteroatoms. The van der Waals surface area contributed by atoms with E-state index in [9.17, 15) is 4.39 Å². The predicted octanol–water partition coefficient (Wildman–Crippen LogP) is 1.41. The van der Waals surface area contributed by atoms with Crippen LogP contribution in [0.2, 0.25) is 0 Å². The van der Waals surface area contributed by atoms with Gasteiger partial charge in [-0.1, -0.05) is 0 Å². The van der Waals surface area contributed by atoms with Gasteiger partial charge < -0.3 is 10.7 Å². The Morgan fingerprint density at radius 2 is 2.33 bits per heavy atom. The third-order valence-electron chi connectivity index (χ3n) is 2.43. The number of nitrogens with one attached hydrogen (secondary N) is 1. The van der Waals surface area contributed by atoms with Gasteiger partial charge in [0.25, 0.3) is 0 Å². The minimum absolute atomic E-state index is 0.276. The minimum atomic E-state index is -0.276. The number of imidazole rings is 2. The molecule has 0 fully saturated rings. The summed E-state index contributed by atoms with van der Waals surface area (Å²) in [7, 11) is 0. The molecule has 2 heterocycles. The first-order chi connectivity index (χ1) is 7.28. The Balaban J connectivity index is 2.40. The van der Waals surface area contributed by atoms with Crippen molar-refractivity contribution in [3.8, 4) is 0 Å². The zero-order chi connectivity index (χ0) is 10.4. The standard InChI is InChI=1S/C10H9FN4/c11-6-1-2-9-8(3-6)14-10-13-7(4-12)5-15(9)10/h1-3,5H,4,12H2,(H,13,14). The monoisotopic (exact) mass is 204 g/mol. The molecule has 4 nitrogen and oxygen atoms in total. The van der Waals surface area contributed by atoms with E-state index in [0.717, 1.165) is 11.2 Å². The summed E-state index contributed by atoms with van der Waals surface area (Å²) in [5, 5.41) is 0. The van der Waals surface area contributed by atoms with Crippen molar-refractivity contribution >= 4 is 16.8 Å². The highest BCUT2D eigenvalue weighted by Crippen LogP contribution is 2.17. The van der Waals surface area contributed by atoms with Gasteiger partial charge in [-0.05, 0) is 12.1 Å². The van der Waals surface area contributed by atoms with Crippen molar-refractivity contribution in [2.45, 2.75) is 6.54 Å². The highest BCUT2D eigenvalue weighted by molar-refractivity contribution is 5.79. The van der Waals surface area contributed by atoms with E-state index >= 15 is 0 Å². The van der Waals surface area contributed by atoms with Crippen molar-refractivity contribution < 1.29 is 4.39 Å². The first-order valence-electron chi connectivity index (χ1n) is 4.63. The van der Waals surface area contributed by atoms with Crippen molar-refractivity contribution in [2.24, 2.45) is 5.73 Å². The molecule has 0 saturated heterocycles. The molecule has 1 aromatic carbocycles. The molecule has 0 amide bonds. The summed E-state index contributed by atoms with van der Waals surface area (Å²) >= 11 is 0. The number of nitrogens with zero attached hydrogens (tertiary/aromatic N) is 2. The number of aromatic amines is 1. The Labute approximate surface area is 84.5 Å². The third-order valence-corrected chi connectivity index (χ3v) is 2.43. The summed E-state index contributed by atoms with van der Waals surface area (Å²) < 4.78 is 14.8. The van der Waals surface area contributed by atoms with Crippen molar-refractivity contribution in [3.63, 3.8) is 0 Å². The van der Waals surface area contributed by atoms with Crippen LogP contribution in [0.4, 0.5) is 4.39 Å². The number of halogens is 1. The zero-order valence-electron chi connectivity index (χ0n) is 7.87. The zero-order valence-corrected chi connectivity index (χ0v) is 7.87. The van der Waals surface area contributed by atoms with Gasteiger partial charge in [-0.3, -0.25) is 4.40 Å². The van der Waals surface area contributed by atoms with Crippen LogP contribution in [-0.2, 0) is 6.54 Å². The van der Waals surface area contributed by atoms with E-state index in [-0.39, 0.29) is 5.82 Å². The van der Waals surface area contributed by atoms with E-state index in [0.29, 0.717) is 17.8 Å². The molecule has 0 aliphatic heterocycles. The highest BCUT2D eigenvalue weighted by Gasteiger charge is 2.07. The van der Waals surface area contributed by atoms with E-state index in [1.807, 2.05) is 10.6 Å². The summed E-state index contributed by atoms with van der Waals surface area (Å²) in [4.78, 5) is 7.32. The molecule has 0 radical (unpaired) electrons. The van der Waals surface area contributed by atoms with Gasteiger partial charge >= 0.3 is 0 Å². The first kappa shape index (κ1) is 8.43. The Morgan fingerprint density at radius 1 is 1.47 bits per heavy atom. The van der Waals surface area contributed by atoms with Crippen LogP contribution < -0.4 is 5.73 Å². The van der Waals surface area contributed by atoms with Crippen LogP contribution in [0.1, 0.15) is 5.69 Å². The molecule has 76 valence electrons. The van der Waals surface area contributed by atoms with E-state index < -0.39 is 0 Å². The minimum Gasteiger partial charge on any atom is -0.326 e. The van der Waals surface area contributed by atoms with Crippen molar-refractivity contribution in [3.05, 3.63) is 35.9 Å². The molecule has 0 bridgehead atoms. The molecule has 3 N–H and O–H groups in total. The molecular weight excluding hydrogens is 195 g/mol. The number of nitrogens with two attached hydrogens (primary N) is 1. The number of hydrogen-bond donors (Lipinski definition) is 2. The lowest BCUT2D eigenvalue weighted by molar-refractivity contribution is 0.629. The van der Waals surface area contributed by atoms with Gasteiger partial charge in [-0.2, -0.15) is 0 Å². The second kappa shape index (κ2) is 2.80. The molecule has 2 aromatic heterocycles. The lowest BCUT2D eigenvalue weighted by atomic mass is 10.3. The largest absolute Gasteiger partial charge is 0.326 e. The van der Waals surface area contributed by atoms with Crippen LogP contribution in [0.3, 0.4) is 0 Å². The lowest BCUT2D eigenvalue weighted by Crippen LogP contribution is -1.95. The van der Waals surface area contributed by atoms with Crippen molar-refractivity contribution in [1.29, 1.82) is 0 Å². The fourth-order valence-corrected chi connectivity index (χ4v) is 1.73. The highest BCUT2D eigenvalue weighted by atomic mass is 19.1. The van der Waals surface area contributed by atoms with Crippen LogP contribution in [-0.4, -0.2) is 14.4 Å². The molecule has 0 atom stereocenters. The maximum Gasteiger partial charge on any atom is 0.212 e. The van der Waals surface area contributed by atoms with Crippen LogP contribution in [0.5, 0.6) is 0 Å².